The molecular weight excluding hydrogens is 303 g/mol. The Morgan fingerprint density at radius 1 is 1.21 bits per heavy atom. The standard InChI is InChI=1S/C20H23FN2O/c21-18-7-5-17(6-8-18)20(24)9-1-4-16-13-23(14-19(16)20)12-15-3-2-10-22-11-15/h2-3,5-8,10-11,16,19,24H,1,4,9,12-14H2. The third-order valence-corrected chi connectivity index (χ3v) is 5.74. The molecule has 0 radical (unpaired) electrons. The summed E-state index contributed by atoms with van der Waals surface area (Å²) < 4.78 is 13.3. The van der Waals surface area contributed by atoms with E-state index in [0.717, 1.165) is 44.5 Å². The minimum Gasteiger partial charge on any atom is -0.385 e. The molecule has 2 fully saturated rings. The van der Waals surface area contributed by atoms with E-state index in [9.17, 15) is 9.50 Å². The van der Waals surface area contributed by atoms with Crippen LogP contribution >= 0.6 is 0 Å². The summed E-state index contributed by atoms with van der Waals surface area (Å²) >= 11 is 0. The number of aromatic nitrogens is 1. The predicted molar refractivity (Wildman–Crippen MR) is 90.6 cm³/mol. The maximum absolute atomic E-state index is 13.3. The van der Waals surface area contributed by atoms with Gasteiger partial charge in [0.1, 0.15) is 5.82 Å². The Morgan fingerprint density at radius 2 is 2.04 bits per heavy atom. The van der Waals surface area contributed by atoms with Gasteiger partial charge in [-0.2, -0.15) is 0 Å². The topological polar surface area (TPSA) is 36.4 Å². The molecule has 1 saturated carbocycles. The molecule has 1 aromatic carbocycles. The molecule has 1 aliphatic carbocycles. The molecule has 4 rings (SSSR count). The lowest BCUT2D eigenvalue weighted by molar-refractivity contribution is -0.0648. The molecule has 0 amide bonds. The molecule has 24 heavy (non-hydrogen) atoms. The zero-order valence-electron chi connectivity index (χ0n) is 13.7. The quantitative estimate of drug-likeness (QED) is 0.940. The molecule has 2 heterocycles. The van der Waals surface area contributed by atoms with E-state index in [0.29, 0.717) is 5.92 Å². The third-order valence-electron chi connectivity index (χ3n) is 5.74. The van der Waals surface area contributed by atoms with E-state index in [2.05, 4.69) is 16.0 Å². The van der Waals surface area contributed by atoms with E-state index in [-0.39, 0.29) is 11.7 Å². The molecule has 3 unspecified atom stereocenters. The molecule has 126 valence electrons. The number of fused-ring (bicyclic) bond motifs is 1. The van der Waals surface area contributed by atoms with E-state index < -0.39 is 5.60 Å². The lowest BCUT2D eigenvalue weighted by atomic mass is 9.67. The highest BCUT2D eigenvalue weighted by Crippen LogP contribution is 2.48. The van der Waals surface area contributed by atoms with Crippen molar-refractivity contribution in [3.8, 4) is 0 Å². The number of nitrogens with zero attached hydrogens (tertiary/aromatic N) is 2. The molecule has 2 aromatic rings. The van der Waals surface area contributed by atoms with E-state index in [1.165, 1.54) is 17.7 Å². The lowest BCUT2D eigenvalue weighted by Crippen LogP contribution is -2.42. The van der Waals surface area contributed by atoms with Gasteiger partial charge in [-0.3, -0.25) is 9.88 Å². The molecule has 0 bridgehead atoms. The van der Waals surface area contributed by atoms with Crippen molar-refractivity contribution in [1.82, 2.24) is 9.88 Å². The first-order valence-electron chi connectivity index (χ1n) is 8.75. The van der Waals surface area contributed by atoms with Gasteiger partial charge in [0.2, 0.25) is 0 Å². The largest absolute Gasteiger partial charge is 0.385 e. The van der Waals surface area contributed by atoms with Crippen molar-refractivity contribution in [1.29, 1.82) is 0 Å². The Hall–Kier alpha value is -1.78. The lowest BCUT2D eigenvalue weighted by Gasteiger charge is -2.41. The summed E-state index contributed by atoms with van der Waals surface area (Å²) in [6.07, 6.45) is 6.66. The summed E-state index contributed by atoms with van der Waals surface area (Å²) in [5.74, 6) is 0.471. The van der Waals surface area contributed by atoms with Crippen molar-refractivity contribution in [3.05, 3.63) is 65.7 Å². The molecule has 4 heteroatoms. The zero-order valence-corrected chi connectivity index (χ0v) is 13.7. The number of likely N-dealkylation sites (tertiary alicyclic amines) is 1. The minimum absolute atomic E-state index is 0.216. The van der Waals surface area contributed by atoms with Gasteiger partial charge >= 0.3 is 0 Å². The minimum atomic E-state index is -0.833. The van der Waals surface area contributed by atoms with Gasteiger partial charge in [-0.25, -0.2) is 4.39 Å². The van der Waals surface area contributed by atoms with E-state index in [1.807, 2.05) is 12.3 Å². The number of hydrogen-bond donors (Lipinski definition) is 1. The summed E-state index contributed by atoms with van der Waals surface area (Å²) in [5, 5.41) is 11.4. The highest BCUT2D eigenvalue weighted by atomic mass is 19.1. The fourth-order valence-electron chi connectivity index (χ4n) is 4.59. The number of rotatable bonds is 3. The summed E-state index contributed by atoms with van der Waals surface area (Å²) in [5.41, 5.74) is 1.24. The fourth-order valence-corrected chi connectivity index (χ4v) is 4.59. The van der Waals surface area contributed by atoms with Crippen LogP contribution < -0.4 is 0 Å². The molecule has 2 aliphatic rings. The predicted octanol–water partition coefficient (Wildman–Crippen LogP) is 3.34. The molecule has 0 spiro atoms. The summed E-state index contributed by atoms with van der Waals surface area (Å²) in [7, 11) is 0. The van der Waals surface area contributed by atoms with Crippen LogP contribution in [0, 0.1) is 17.7 Å². The maximum atomic E-state index is 13.3. The van der Waals surface area contributed by atoms with Gasteiger partial charge in [-0.15, -0.1) is 0 Å². The molecular formula is C20H23FN2O. The van der Waals surface area contributed by atoms with Crippen molar-refractivity contribution >= 4 is 0 Å². The van der Waals surface area contributed by atoms with Crippen LogP contribution in [0.3, 0.4) is 0 Å². The Kier molecular flexibility index (Phi) is 4.10. The van der Waals surface area contributed by atoms with Gasteiger partial charge < -0.3 is 5.11 Å². The van der Waals surface area contributed by atoms with Crippen LogP contribution in [-0.2, 0) is 12.1 Å². The smallest absolute Gasteiger partial charge is 0.123 e. The number of hydrogen-bond acceptors (Lipinski definition) is 3. The van der Waals surface area contributed by atoms with Crippen molar-refractivity contribution in [3.63, 3.8) is 0 Å². The maximum Gasteiger partial charge on any atom is 0.123 e. The van der Waals surface area contributed by atoms with Crippen molar-refractivity contribution < 1.29 is 9.50 Å². The Labute approximate surface area is 142 Å². The van der Waals surface area contributed by atoms with Crippen LogP contribution in [0.1, 0.15) is 30.4 Å². The Morgan fingerprint density at radius 3 is 2.79 bits per heavy atom. The molecule has 3 nitrogen and oxygen atoms in total. The van der Waals surface area contributed by atoms with Crippen LogP contribution in [0.15, 0.2) is 48.8 Å². The highest BCUT2D eigenvalue weighted by Gasteiger charge is 2.49. The highest BCUT2D eigenvalue weighted by molar-refractivity contribution is 5.26. The summed E-state index contributed by atoms with van der Waals surface area (Å²) in [4.78, 5) is 6.61. The summed E-state index contributed by atoms with van der Waals surface area (Å²) in [6.45, 7) is 2.77. The van der Waals surface area contributed by atoms with E-state index in [1.54, 1.807) is 18.3 Å². The molecule has 1 saturated heterocycles. The van der Waals surface area contributed by atoms with Gasteiger partial charge in [0.15, 0.2) is 0 Å². The normalized spacial score (nSPS) is 30.2. The molecule has 1 N–H and O–H groups in total. The second-order valence-corrected chi connectivity index (χ2v) is 7.25. The first-order chi connectivity index (χ1) is 11.6. The molecule has 3 atom stereocenters. The van der Waals surface area contributed by atoms with Crippen molar-refractivity contribution in [2.75, 3.05) is 13.1 Å². The second-order valence-electron chi connectivity index (χ2n) is 7.25. The average molecular weight is 326 g/mol. The van der Waals surface area contributed by atoms with Gasteiger partial charge in [0.05, 0.1) is 5.60 Å². The van der Waals surface area contributed by atoms with Gasteiger partial charge in [0.25, 0.3) is 0 Å². The first kappa shape index (κ1) is 15.7. The van der Waals surface area contributed by atoms with Crippen molar-refractivity contribution in [2.45, 2.75) is 31.4 Å². The average Bonchev–Trinajstić information content (AvgIpc) is 3.00. The fraction of sp³-hybridized carbons (Fsp3) is 0.450. The Balaban J connectivity index is 1.55. The van der Waals surface area contributed by atoms with Crippen LogP contribution in [-0.4, -0.2) is 28.1 Å². The van der Waals surface area contributed by atoms with Crippen LogP contribution in [0.5, 0.6) is 0 Å². The Bertz CT molecular complexity index is 691. The van der Waals surface area contributed by atoms with Crippen LogP contribution in [0.2, 0.25) is 0 Å². The number of pyridine rings is 1. The molecule has 1 aromatic heterocycles. The van der Waals surface area contributed by atoms with E-state index in [4.69, 9.17) is 0 Å². The monoisotopic (exact) mass is 326 g/mol. The zero-order chi connectivity index (χ0) is 16.6. The van der Waals surface area contributed by atoms with Crippen molar-refractivity contribution in [2.24, 2.45) is 11.8 Å². The van der Waals surface area contributed by atoms with Gasteiger partial charge in [-0.1, -0.05) is 18.2 Å². The number of aliphatic hydroxyl groups is 1. The first-order valence-corrected chi connectivity index (χ1v) is 8.75. The van der Waals surface area contributed by atoms with E-state index >= 15 is 0 Å². The number of benzene rings is 1. The molecule has 1 aliphatic heterocycles. The second kappa shape index (κ2) is 6.26. The van der Waals surface area contributed by atoms with Gasteiger partial charge in [0, 0.05) is 37.9 Å². The number of halogens is 1. The third kappa shape index (κ3) is 2.85. The van der Waals surface area contributed by atoms with Crippen LogP contribution in [0.4, 0.5) is 4.39 Å². The summed E-state index contributed by atoms with van der Waals surface area (Å²) in [6, 6.07) is 10.5. The van der Waals surface area contributed by atoms with Gasteiger partial charge in [-0.05, 0) is 54.5 Å². The SMILES string of the molecule is OC1(c2ccc(F)cc2)CCCC2CN(Cc3cccnc3)CC21. The van der Waals surface area contributed by atoms with Crippen LogP contribution in [0.25, 0.3) is 0 Å².